The second kappa shape index (κ2) is 7.87. The quantitative estimate of drug-likeness (QED) is 0.379. The van der Waals surface area contributed by atoms with E-state index in [-0.39, 0.29) is 5.78 Å². The number of Topliss-reactive ketones (excluding diaryl/α,β-unsaturated/α-hetero) is 1. The molecule has 7 nitrogen and oxygen atoms in total. The number of carbonyl (C=O) groups is 1. The van der Waals surface area contributed by atoms with E-state index >= 15 is 0 Å². The molecule has 0 saturated carbocycles. The van der Waals surface area contributed by atoms with Crippen LogP contribution >= 0.6 is 0 Å². The van der Waals surface area contributed by atoms with Crippen molar-refractivity contribution in [3.63, 3.8) is 0 Å². The van der Waals surface area contributed by atoms with Crippen molar-refractivity contribution in [2.75, 3.05) is 18.5 Å². The smallest absolute Gasteiger partial charge is 0.183 e. The van der Waals surface area contributed by atoms with Gasteiger partial charge in [-0.15, -0.1) is 0 Å². The molecule has 2 N–H and O–H groups in total. The van der Waals surface area contributed by atoms with Crippen LogP contribution in [0.1, 0.15) is 17.3 Å². The van der Waals surface area contributed by atoms with Crippen molar-refractivity contribution < 1.29 is 9.53 Å². The predicted octanol–water partition coefficient (Wildman–Crippen LogP) is 3.71. The number of carbonyl (C=O) groups excluding carboxylic acids is 1. The van der Waals surface area contributed by atoms with Gasteiger partial charge in [-0.2, -0.15) is 0 Å². The number of H-pyrrole nitrogens is 1. The van der Waals surface area contributed by atoms with Crippen LogP contribution in [0.3, 0.4) is 0 Å². The number of imidazole rings is 1. The number of nitrogens with one attached hydrogen (secondary N) is 2. The maximum absolute atomic E-state index is 11.7. The van der Waals surface area contributed by atoms with E-state index < -0.39 is 0 Å². The zero-order valence-electron chi connectivity index (χ0n) is 15.3. The fourth-order valence-electron chi connectivity index (χ4n) is 2.82. The minimum absolute atomic E-state index is 0.000827. The number of benzene rings is 2. The van der Waals surface area contributed by atoms with Gasteiger partial charge in [0, 0.05) is 11.1 Å². The monoisotopic (exact) mass is 373 g/mol. The average molecular weight is 373 g/mol. The Bertz CT molecular complexity index is 1110. The maximum atomic E-state index is 11.7. The highest BCUT2D eigenvalue weighted by molar-refractivity contribution is 5.95. The molecular weight excluding hydrogens is 354 g/mol. The molecule has 7 heteroatoms. The first-order valence-corrected chi connectivity index (χ1v) is 8.95. The van der Waals surface area contributed by atoms with Gasteiger partial charge in [0.1, 0.15) is 17.9 Å². The number of aromatic nitrogens is 4. The minimum Gasteiger partial charge on any atom is -0.492 e. The lowest BCUT2D eigenvalue weighted by Crippen LogP contribution is -2.13. The van der Waals surface area contributed by atoms with E-state index in [0.717, 1.165) is 16.8 Å². The maximum Gasteiger partial charge on any atom is 0.183 e. The zero-order valence-corrected chi connectivity index (χ0v) is 15.3. The van der Waals surface area contributed by atoms with Gasteiger partial charge in [0.05, 0.1) is 12.9 Å². The van der Waals surface area contributed by atoms with Crippen LogP contribution in [0.25, 0.3) is 22.6 Å². The Morgan fingerprint density at radius 3 is 2.79 bits per heavy atom. The topological polar surface area (TPSA) is 92.8 Å². The van der Waals surface area contributed by atoms with Crippen molar-refractivity contribution >= 4 is 22.8 Å². The third kappa shape index (κ3) is 3.83. The lowest BCUT2D eigenvalue weighted by molar-refractivity contribution is 0.101. The number of anilines is 1. The third-order valence-electron chi connectivity index (χ3n) is 4.22. The van der Waals surface area contributed by atoms with Crippen LogP contribution in [0, 0.1) is 0 Å². The van der Waals surface area contributed by atoms with Gasteiger partial charge >= 0.3 is 0 Å². The van der Waals surface area contributed by atoms with Gasteiger partial charge in [0.2, 0.25) is 0 Å². The second-order valence-electron chi connectivity index (χ2n) is 6.22. The fraction of sp³-hybridized carbons (Fsp3) is 0.143. The standard InChI is InChI=1S/C21H19N5O2/c1-14(27)15-6-5-7-16(12-15)19-25-20(18-21(26-19)24-13-23-18)22-10-11-28-17-8-3-2-4-9-17/h2-9,12-13H,10-11H2,1H3,(H2,22,23,24,25,26). The molecule has 0 radical (unpaired) electrons. The summed E-state index contributed by atoms with van der Waals surface area (Å²) in [4.78, 5) is 28.1. The molecule has 4 rings (SSSR count). The number of fused-ring (bicyclic) bond motifs is 1. The van der Waals surface area contributed by atoms with Crippen molar-refractivity contribution in [1.82, 2.24) is 19.9 Å². The van der Waals surface area contributed by atoms with E-state index in [4.69, 9.17) is 4.74 Å². The molecular formula is C21H19N5O2. The van der Waals surface area contributed by atoms with E-state index in [0.29, 0.717) is 36.0 Å². The van der Waals surface area contributed by atoms with E-state index in [1.807, 2.05) is 42.5 Å². The Kier molecular flexibility index (Phi) is 4.97. The summed E-state index contributed by atoms with van der Waals surface area (Å²) in [6.07, 6.45) is 1.58. The number of hydrogen-bond donors (Lipinski definition) is 2. The van der Waals surface area contributed by atoms with Crippen molar-refractivity contribution in [1.29, 1.82) is 0 Å². The molecule has 0 aliphatic rings. The van der Waals surface area contributed by atoms with Gasteiger partial charge < -0.3 is 15.0 Å². The summed E-state index contributed by atoms with van der Waals surface area (Å²) in [5.74, 6) is 1.97. The first-order valence-electron chi connectivity index (χ1n) is 8.95. The Morgan fingerprint density at radius 2 is 1.96 bits per heavy atom. The molecule has 0 amide bonds. The average Bonchev–Trinajstić information content (AvgIpc) is 3.21. The summed E-state index contributed by atoms with van der Waals surface area (Å²) in [6, 6.07) is 16.9. The number of para-hydroxylation sites is 1. The first-order chi connectivity index (χ1) is 13.7. The van der Waals surface area contributed by atoms with Crippen LogP contribution in [0.15, 0.2) is 60.9 Å². The second-order valence-corrected chi connectivity index (χ2v) is 6.22. The molecule has 0 aliphatic carbocycles. The van der Waals surface area contributed by atoms with Gasteiger partial charge in [0.25, 0.3) is 0 Å². The highest BCUT2D eigenvalue weighted by Gasteiger charge is 2.12. The normalized spacial score (nSPS) is 10.8. The summed E-state index contributed by atoms with van der Waals surface area (Å²) < 4.78 is 5.71. The molecule has 140 valence electrons. The Labute approximate surface area is 161 Å². The number of rotatable bonds is 7. The minimum atomic E-state index is -0.000827. The Hall–Kier alpha value is -3.74. The van der Waals surface area contributed by atoms with Crippen LogP contribution in [0.2, 0.25) is 0 Å². The van der Waals surface area contributed by atoms with Crippen LogP contribution in [-0.2, 0) is 0 Å². The van der Waals surface area contributed by atoms with E-state index in [1.54, 1.807) is 18.5 Å². The van der Waals surface area contributed by atoms with Crippen molar-refractivity contribution in [2.24, 2.45) is 0 Å². The number of ether oxygens (including phenoxy) is 1. The van der Waals surface area contributed by atoms with Crippen molar-refractivity contribution in [2.45, 2.75) is 6.92 Å². The summed E-state index contributed by atoms with van der Waals surface area (Å²) in [6.45, 7) is 2.59. The van der Waals surface area contributed by atoms with E-state index in [2.05, 4.69) is 25.3 Å². The van der Waals surface area contributed by atoms with Crippen molar-refractivity contribution in [3.8, 4) is 17.1 Å². The Morgan fingerprint density at radius 1 is 1.11 bits per heavy atom. The summed E-state index contributed by atoms with van der Waals surface area (Å²) in [7, 11) is 0. The van der Waals surface area contributed by atoms with Gasteiger partial charge in [0.15, 0.2) is 23.1 Å². The van der Waals surface area contributed by atoms with Gasteiger partial charge in [-0.25, -0.2) is 15.0 Å². The highest BCUT2D eigenvalue weighted by Crippen LogP contribution is 2.23. The summed E-state index contributed by atoms with van der Waals surface area (Å²) >= 11 is 0. The lowest BCUT2D eigenvalue weighted by atomic mass is 10.1. The number of nitrogens with zero attached hydrogens (tertiary/aromatic N) is 3. The van der Waals surface area contributed by atoms with Gasteiger partial charge in [-0.1, -0.05) is 36.4 Å². The zero-order chi connectivity index (χ0) is 19.3. The molecule has 4 aromatic rings. The van der Waals surface area contributed by atoms with Crippen molar-refractivity contribution in [3.05, 3.63) is 66.5 Å². The number of ketones is 1. The Balaban J connectivity index is 1.55. The summed E-state index contributed by atoms with van der Waals surface area (Å²) in [5, 5.41) is 3.28. The number of hydrogen-bond acceptors (Lipinski definition) is 6. The third-order valence-corrected chi connectivity index (χ3v) is 4.22. The molecule has 2 heterocycles. The molecule has 0 bridgehead atoms. The van der Waals surface area contributed by atoms with Crippen LogP contribution in [0.4, 0.5) is 5.82 Å². The molecule has 0 fully saturated rings. The number of aromatic amines is 1. The largest absolute Gasteiger partial charge is 0.492 e. The first kappa shape index (κ1) is 17.7. The van der Waals surface area contributed by atoms with E-state index in [9.17, 15) is 4.79 Å². The van der Waals surface area contributed by atoms with Crippen LogP contribution in [0.5, 0.6) is 5.75 Å². The summed E-state index contributed by atoms with van der Waals surface area (Å²) in [5.41, 5.74) is 2.67. The van der Waals surface area contributed by atoms with Gasteiger partial charge in [-0.3, -0.25) is 4.79 Å². The molecule has 0 saturated heterocycles. The fourth-order valence-corrected chi connectivity index (χ4v) is 2.82. The molecule has 2 aromatic carbocycles. The predicted molar refractivity (Wildman–Crippen MR) is 108 cm³/mol. The molecule has 2 aromatic heterocycles. The van der Waals surface area contributed by atoms with E-state index in [1.165, 1.54) is 6.92 Å². The SMILES string of the molecule is CC(=O)c1cccc(-c2nc(NCCOc3ccccc3)c3[nH]cnc3n2)c1. The molecule has 0 aliphatic heterocycles. The molecule has 28 heavy (non-hydrogen) atoms. The highest BCUT2D eigenvalue weighted by atomic mass is 16.5. The molecule has 0 spiro atoms. The van der Waals surface area contributed by atoms with Crippen LogP contribution < -0.4 is 10.1 Å². The van der Waals surface area contributed by atoms with Crippen LogP contribution in [-0.4, -0.2) is 38.9 Å². The lowest BCUT2D eigenvalue weighted by Gasteiger charge is -2.10. The molecule has 0 atom stereocenters. The molecule has 0 unspecified atom stereocenters. The van der Waals surface area contributed by atoms with Gasteiger partial charge in [-0.05, 0) is 25.1 Å².